The number of rotatable bonds is 6. The highest BCUT2D eigenvalue weighted by molar-refractivity contribution is 7.70. The number of nitrogens with one attached hydrogen (secondary N) is 1. The van der Waals surface area contributed by atoms with Crippen LogP contribution in [0.5, 0.6) is 0 Å². The van der Waals surface area contributed by atoms with E-state index in [0.717, 1.165) is 12.3 Å². The summed E-state index contributed by atoms with van der Waals surface area (Å²) >= 11 is 0. The van der Waals surface area contributed by atoms with E-state index >= 15 is 0 Å². The third-order valence-corrected chi connectivity index (χ3v) is 6.68. The molecule has 0 spiro atoms. The maximum Gasteiger partial charge on any atom is 0.340 e. The number of aromatic nitrogens is 2. The lowest BCUT2D eigenvalue weighted by atomic mass is 10.1. The van der Waals surface area contributed by atoms with Crippen LogP contribution in [-0.2, 0) is 18.4 Å². The standard InChI is InChI=1S/C10H15FN2O10P2/c11-7-8(15)5(3-22-25(20,21)4-24(17,18)19)23-9(7)13-2-1-6(14)12-10(13)16/h1-2,5,7-9,15H,3-4H2,(H,20,21)(H,12,14,16)(H2,17,18,19)/t5-,7?,8?,9-/m1/s1. The third kappa shape index (κ3) is 5.16. The van der Waals surface area contributed by atoms with Gasteiger partial charge in [0.15, 0.2) is 18.3 Å². The Labute approximate surface area is 138 Å². The number of H-pyrrole nitrogens is 1. The number of hydrogen-bond acceptors (Lipinski definition) is 7. The third-order valence-electron chi connectivity index (χ3n) is 3.22. The molecule has 0 bridgehead atoms. The molecular weight excluding hydrogens is 389 g/mol. The molecule has 1 aliphatic rings. The molecule has 25 heavy (non-hydrogen) atoms. The van der Waals surface area contributed by atoms with Crippen molar-refractivity contribution < 1.29 is 42.6 Å². The summed E-state index contributed by atoms with van der Waals surface area (Å²) in [4.78, 5) is 51.2. The Morgan fingerprint density at radius 1 is 1.32 bits per heavy atom. The van der Waals surface area contributed by atoms with Crippen LogP contribution in [0.25, 0.3) is 0 Å². The first kappa shape index (κ1) is 20.1. The maximum atomic E-state index is 14.2. The molecule has 0 amide bonds. The highest BCUT2D eigenvalue weighted by Crippen LogP contribution is 2.55. The van der Waals surface area contributed by atoms with E-state index in [1.165, 1.54) is 0 Å². The first-order valence-corrected chi connectivity index (χ1v) is 10.3. The van der Waals surface area contributed by atoms with Gasteiger partial charge in [0.25, 0.3) is 5.56 Å². The first-order chi connectivity index (χ1) is 11.4. The van der Waals surface area contributed by atoms with Crippen LogP contribution in [0, 0.1) is 0 Å². The van der Waals surface area contributed by atoms with Crippen molar-refractivity contribution in [2.45, 2.75) is 24.6 Å². The SMILES string of the molecule is O=c1ccn([C@@H]2O[C@H](COP(=O)(O)CP(=O)(O)O)C(O)C2F)c(=O)[nH]1. The van der Waals surface area contributed by atoms with Crippen molar-refractivity contribution in [2.24, 2.45) is 0 Å². The second kappa shape index (κ2) is 7.22. The Hall–Kier alpha value is -1.17. The molecule has 0 aromatic carbocycles. The number of aliphatic hydroxyl groups excluding tert-OH is 1. The van der Waals surface area contributed by atoms with Gasteiger partial charge in [-0.15, -0.1) is 0 Å². The van der Waals surface area contributed by atoms with Crippen LogP contribution in [0.3, 0.4) is 0 Å². The number of hydrogen-bond donors (Lipinski definition) is 5. The summed E-state index contributed by atoms with van der Waals surface area (Å²) in [7, 11) is -9.56. The van der Waals surface area contributed by atoms with Gasteiger partial charge in [-0.1, -0.05) is 0 Å². The van der Waals surface area contributed by atoms with Gasteiger partial charge < -0.3 is 29.0 Å². The van der Waals surface area contributed by atoms with E-state index < -0.39 is 63.6 Å². The average Bonchev–Trinajstić information content (AvgIpc) is 2.71. The van der Waals surface area contributed by atoms with Crippen LogP contribution < -0.4 is 11.2 Å². The van der Waals surface area contributed by atoms with Crippen molar-refractivity contribution in [1.29, 1.82) is 0 Å². The number of aromatic amines is 1. The molecule has 5 atom stereocenters. The lowest BCUT2D eigenvalue weighted by Crippen LogP contribution is -2.35. The minimum absolute atomic E-state index is 0.670. The van der Waals surface area contributed by atoms with Crippen LogP contribution in [-0.4, -0.2) is 60.2 Å². The fraction of sp³-hybridized carbons (Fsp3) is 0.600. The Kier molecular flexibility index (Phi) is 5.81. The molecule has 3 unspecified atom stereocenters. The zero-order valence-corrected chi connectivity index (χ0v) is 14.1. The van der Waals surface area contributed by atoms with Crippen LogP contribution in [0.15, 0.2) is 21.9 Å². The van der Waals surface area contributed by atoms with Crippen molar-refractivity contribution in [3.8, 4) is 0 Å². The summed E-state index contributed by atoms with van der Waals surface area (Å²) < 4.78 is 46.6. The second-order valence-electron chi connectivity index (χ2n) is 5.26. The van der Waals surface area contributed by atoms with Crippen molar-refractivity contribution in [2.75, 3.05) is 12.5 Å². The zero-order chi connectivity index (χ0) is 19.0. The van der Waals surface area contributed by atoms with Gasteiger partial charge in [0, 0.05) is 12.3 Å². The monoisotopic (exact) mass is 404 g/mol. The number of halogens is 1. The molecule has 15 heteroatoms. The fourth-order valence-corrected chi connectivity index (χ4v) is 4.73. The maximum absolute atomic E-state index is 14.2. The van der Waals surface area contributed by atoms with E-state index in [9.17, 15) is 33.1 Å². The summed E-state index contributed by atoms with van der Waals surface area (Å²) in [5.41, 5.74) is -1.73. The zero-order valence-electron chi connectivity index (χ0n) is 12.3. The van der Waals surface area contributed by atoms with Crippen molar-refractivity contribution in [3.63, 3.8) is 0 Å². The Balaban J connectivity index is 2.09. The van der Waals surface area contributed by atoms with Gasteiger partial charge in [0.1, 0.15) is 12.2 Å². The summed E-state index contributed by atoms with van der Waals surface area (Å²) in [5.74, 6) is -1.45. The number of alkyl halides is 1. The molecule has 142 valence electrons. The molecule has 1 saturated heterocycles. The molecule has 5 N–H and O–H groups in total. The topological polar surface area (TPSA) is 188 Å². The van der Waals surface area contributed by atoms with Crippen LogP contribution >= 0.6 is 15.2 Å². The minimum Gasteiger partial charge on any atom is -0.387 e. The van der Waals surface area contributed by atoms with Gasteiger partial charge in [0.05, 0.1) is 6.61 Å². The number of nitrogens with zero attached hydrogens (tertiary/aromatic N) is 1. The Morgan fingerprint density at radius 3 is 2.52 bits per heavy atom. The first-order valence-electron chi connectivity index (χ1n) is 6.70. The van der Waals surface area contributed by atoms with E-state index in [0.29, 0.717) is 4.57 Å². The van der Waals surface area contributed by atoms with Crippen molar-refractivity contribution >= 4 is 15.2 Å². The highest BCUT2D eigenvalue weighted by Gasteiger charge is 2.46. The quantitative estimate of drug-likeness (QED) is 0.348. The Bertz CT molecular complexity index is 833. The summed E-state index contributed by atoms with van der Waals surface area (Å²) in [6.45, 7) is -0.857. The lowest BCUT2D eigenvalue weighted by Gasteiger charge is -2.18. The Morgan fingerprint density at radius 2 is 1.96 bits per heavy atom. The average molecular weight is 404 g/mol. The molecule has 2 rings (SSSR count). The molecule has 1 aliphatic heterocycles. The molecule has 0 aliphatic carbocycles. The lowest BCUT2D eigenvalue weighted by molar-refractivity contribution is -0.0458. The summed E-state index contributed by atoms with van der Waals surface area (Å²) in [6, 6.07) is 0.926. The summed E-state index contributed by atoms with van der Waals surface area (Å²) in [5, 5.41) is 9.77. The smallest absolute Gasteiger partial charge is 0.340 e. The molecule has 1 fully saturated rings. The molecular formula is C10H15FN2O10P2. The van der Waals surface area contributed by atoms with Crippen LogP contribution in [0.1, 0.15) is 6.23 Å². The van der Waals surface area contributed by atoms with E-state index in [1.54, 1.807) is 0 Å². The van der Waals surface area contributed by atoms with Gasteiger partial charge >= 0.3 is 20.9 Å². The highest BCUT2D eigenvalue weighted by atomic mass is 31.2. The molecule has 1 aromatic heterocycles. The van der Waals surface area contributed by atoms with E-state index in [2.05, 4.69) is 4.52 Å². The van der Waals surface area contributed by atoms with Gasteiger partial charge in [-0.3, -0.25) is 23.5 Å². The van der Waals surface area contributed by atoms with Crippen molar-refractivity contribution in [1.82, 2.24) is 9.55 Å². The van der Waals surface area contributed by atoms with Gasteiger partial charge in [0.2, 0.25) is 0 Å². The van der Waals surface area contributed by atoms with E-state index in [4.69, 9.17) is 14.5 Å². The number of ether oxygens (including phenoxy) is 1. The predicted octanol–water partition coefficient (Wildman–Crippen LogP) is -1.53. The van der Waals surface area contributed by atoms with Gasteiger partial charge in [-0.2, -0.15) is 0 Å². The second-order valence-corrected chi connectivity index (χ2v) is 9.25. The molecule has 0 saturated carbocycles. The molecule has 2 heterocycles. The van der Waals surface area contributed by atoms with Gasteiger partial charge in [-0.25, -0.2) is 9.18 Å². The largest absolute Gasteiger partial charge is 0.387 e. The molecule has 12 nitrogen and oxygen atoms in total. The normalized spacial score (nSPS) is 29.5. The van der Waals surface area contributed by atoms with Crippen LogP contribution in [0.4, 0.5) is 4.39 Å². The van der Waals surface area contributed by atoms with E-state index in [1.807, 2.05) is 4.98 Å². The van der Waals surface area contributed by atoms with Gasteiger partial charge in [-0.05, 0) is 0 Å². The number of aliphatic hydroxyl groups is 1. The van der Waals surface area contributed by atoms with Crippen LogP contribution in [0.2, 0.25) is 0 Å². The van der Waals surface area contributed by atoms with Crippen molar-refractivity contribution in [3.05, 3.63) is 33.1 Å². The fourth-order valence-electron chi connectivity index (χ4n) is 2.16. The minimum atomic E-state index is -4.84. The predicted molar refractivity (Wildman–Crippen MR) is 78.8 cm³/mol. The van der Waals surface area contributed by atoms with E-state index in [-0.39, 0.29) is 0 Å². The molecule has 0 radical (unpaired) electrons. The summed E-state index contributed by atoms with van der Waals surface area (Å²) in [6.07, 6.45) is -6.15. The molecule has 1 aromatic rings.